The third kappa shape index (κ3) is 3.63. The average molecular weight is 377 g/mol. The summed E-state index contributed by atoms with van der Waals surface area (Å²) in [5.41, 5.74) is 3.09. The molecule has 1 aliphatic rings. The molecule has 0 radical (unpaired) electrons. The molecule has 0 bridgehead atoms. The van der Waals surface area contributed by atoms with Crippen LogP contribution in [0.5, 0.6) is 5.75 Å². The van der Waals surface area contributed by atoms with Crippen molar-refractivity contribution in [3.8, 4) is 17.1 Å². The number of rotatable bonds is 6. The van der Waals surface area contributed by atoms with Crippen LogP contribution in [0.4, 0.5) is 5.69 Å². The first-order chi connectivity index (χ1) is 13.7. The minimum Gasteiger partial charge on any atom is -0.494 e. The Morgan fingerprint density at radius 2 is 2.00 bits per heavy atom. The van der Waals surface area contributed by atoms with Crippen molar-refractivity contribution in [1.29, 1.82) is 0 Å². The lowest BCUT2D eigenvalue weighted by Crippen LogP contribution is -2.35. The lowest BCUT2D eigenvalue weighted by molar-refractivity contribution is -0.118. The Labute approximate surface area is 164 Å². The summed E-state index contributed by atoms with van der Waals surface area (Å²) in [6.07, 6.45) is 1.65. The third-order valence-corrected chi connectivity index (χ3v) is 4.92. The molecule has 2 heterocycles. The Morgan fingerprint density at radius 1 is 1.21 bits per heavy atom. The summed E-state index contributed by atoms with van der Waals surface area (Å²) in [5, 5.41) is 4.04. The molecule has 4 rings (SSSR count). The van der Waals surface area contributed by atoms with E-state index in [-0.39, 0.29) is 11.9 Å². The number of fused-ring (bicyclic) bond motifs is 1. The van der Waals surface area contributed by atoms with Crippen LogP contribution in [-0.4, -0.2) is 28.7 Å². The standard InChI is InChI=1S/C22H23N3O3/c1-3-27-18-10-8-16(9-11-18)22-23-20(28-24-22)12-13-21(26)25-15(2)14-17-6-4-5-7-19(17)25/h4-11,15H,3,12-14H2,1-2H3. The van der Waals surface area contributed by atoms with Gasteiger partial charge in [-0.25, -0.2) is 0 Å². The maximum absolute atomic E-state index is 12.8. The Bertz CT molecular complexity index is 965. The zero-order valence-corrected chi connectivity index (χ0v) is 16.1. The molecular formula is C22H23N3O3. The van der Waals surface area contributed by atoms with Crippen LogP contribution in [0.1, 0.15) is 31.7 Å². The molecule has 144 valence electrons. The lowest BCUT2D eigenvalue weighted by Gasteiger charge is -2.22. The molecule has 0 N–H and O–H groups in total. The minimum absolute atomic E-state index is 0.0817. The molecule has 0 aliphatic carbocycles. The fourth-order valence-electron chi connectivity index (χ4n) is 3.62. The summed E-state index contributed by atoms with van der Waals surface area (Å²) in [6.45, 7) is 4.65. The van der Waals surface area contributed by atoms with E-state index in [9.17, 15) is 4.79 Å². The van der Waals surface area contributed by atoms with E-state index in [2.05, 4.69) is 23.1 Å². The van der Waals surface area contributed by atoms with E-state index in [0.29, 0.717) is 31.2 Å². The van der Waals surface area contributed by atoms with Crippen molar-refractivity contribution in [2.75, 3.05) is 11.5 Å². The van der Waals surface area contributed by atoms with E-state index in [1.807, 2.05) is 54.3 Å². The molecule has 1 atom stereocenters. The number of nitrogens with zero attached hydrogens (tertiary/aromatic N) is 3. The van der Waals surface area contributed by atoms with Crippen LogP contribution in [0, 0.1) is 0 Å². The lowest BCUT2D eigenvalue weighted by atomic mass is 10.1. The van der Waals surface area contributed by atoms with Crippen LogP contribution in [0.3, 0.4) is 0 Å². The molecule has 3 aromatic rings. The highest BCUT2D eigenvalue weighted by molar-refractivity contribution is 5.96. The number of hydrogen-bond donors (Lipinski definition) is 0. The summed E-state index contributed by atoms with van der Waals surface area (Å²) in [4.78, 5) is 19.1. The molecule has 28 heavy (non-hydrogen) atoms. The monoisotopic (exact) mass is 377 g/mol. The largest absolute Gasteiger partial charge is 0.494 e. The van der Waals surface area contributed by atoms with Crippen LogP contribution in [0.2, 0.25) is 0 Å². The number of ether oxygens (including phenoxy) is 1. The number of aryl methyl sites for hydroxylation is 1. The van der Waals surface area contributed by atoms with Crippen molar-refractivity contribution < 1.29 is 14.1 Å². The van der Waals surface area contributed by atoms with Gasteiger partial charge in [0.25, 0.3) is 0 Å². The van der Waals surface area contributed by atoms with Crippen molar-refractivity contribution >= 4 is 11.6 Å². The second-order valence-corrected chi connectivity index (χ2v) is 6.91. The number of hydrogen-bond acceptors (Lipinski definition) is 5. The molecule has 6 heteroatoms. The predicted octanol–water partition coefficient (Wildman–Crippen LogP) is 4.05. The molecule has 0 saturated heterocycles. The maximum atomic E-state index is 12.8. The van der Waals surface area contributed by atoms with Crippen LogP contribution in [-0.2, 0) is 17.6 Å². The van der Waals surface area contributed by atoms with Crippen molar-refractivity contribution in [3.05, 3.63) is 60.0 Å². The number of carbonyl (C=O) groups excluding carboxylic acids is 1. The second kappa shape index (κ2) is 7.84. The Kier molecular flexibility index (Phi) is 5.10. The van der Waals surface area contributed by atoms with Crippen LogP contribution >= 0.6 is 0 Å². The van der Waals surface area contributed by atoms with Crippen LogP contribution < -0.4 is 9.64 Å². The average Bonchev–Trinajstić information content (AvgIpc) is 3.30. The smallest absolute Gasteiger partial charge is 0.227 e. The van der Waals surface area contributed by atoms with Gasteiger partial charge in [0.1, 0.15) is 5.75 Å². The quantitative estimate of drug-likeness (QED) is 0.648. The van der Waals surface area contributed by atoms with Gasteiger partial charge in [0, 0.05) is 30.1 Å². The summed E-state index contributed by atoms with van der Waals surface area (Å²) >= 11 is 0. The van der Waals surface area contributed by atoms with Crippen molar-refractivity contribution in [2.24, 2.45) is 0 Å². The molecule has 1 unspecified atom stereocenters. The van der Waals surface area contributed by atoms with Crippen LogP contribution in [0.15, 0.2) is 53.1 Å². The molecule has 1 amide bonds. The van der Waals surface area contributed by atoms with E-state index >= 15 is 0 Å². The molecule has 0 fully saturated rings. The first-order valence-electron chi connectivity index (χ1n) is 9.61. The number of anilines is 1. The summed E-state index contributed by atoms with van der Waals surface area (Å²) in [6, 6.07) is 15.8. The van der Waals surface area contributed by atoms with Gasteiger partial charge < -0.3 is 14.2 Å². The van der Waals surface area contributed by atoms with Gasteiger partial charge in [0.2, 0.25) is 17.6 Å². The normalized spacial score (nSPS) is 15.5. The molecular weight excluding hydrogens is 354 g/mol. The van der Waals surface area contributed by atoms with Gasteiger partial charge in [0.05, 0.1) is 6.61 Å². The van der Waals surface area contributed by atoms with Gasteiger partial charge in [-0.15, -0.1) is 0 Å². The van der Waals surface area contributed by atoms with Crippen LogP contribution in [0.25, 0.3) is 11.4 Å². The van der Waals surface area contributed by atoms with E-state index in [0.717, 1.165) is 23.4 Å². The first-order valence-corrected chi connectivity index (χ1v) is 9.61. The van der Waals surface area contributed by atoms with Crippen molar-refractivity contribution in [1.82, 2.24) is 10.1 Å². The summed E-state index contributed by atoms with van der Waals surface area (Å²) < 4.78 is 10.8. The number of amides is 1. The topological polar surface area (TPSA) is 68.5 Å². The third-order valence-electron chi connectivity index (χ3n) is 4.92. The molecule has 1 aliphatic heterocycles. The van der Waals surface area contributed by atoms with Gasteiger partial charge in [0.15, 0.2) is 0 Å². The number of para-hydroxylation sites is 1. The molecule has 6 nitrogen and oxygen atoms in total. The highest BCUT2D eigenvalue weighted by atomic mass is 16.5. The summed E-state index contributed by atoms with van der Waals surface area (Å²) in [5.74, 6) is 1.88. The SMILES string of the molecule is CCOc1ccc(-c2noc(CCC(=O)N3c4ccccc4CC3C)n2)cc1. The van der Waals surface area contributed by atoms with Crippen molar-refractivity contribution in [2.45, 2.75) is 39.2 Å². The minimum atomic E-state index is 0.0817. The molecule has 2 aromatic carbocycles. The van der Waals surface area contributed by atoms with Gasteiger partial charge in [-0.05, 0) is 56.2 Å². The summed E-state index contributed by atoms with van der Waals surface area (Å²) in [7, 11) is 0. The molecule has 1 aromatic heterocycles. The Hall–Kier alpha value is -3.15. The van der Waals surface area contributed by atoms with E-state index < -0.39 is 0 Å². The van der Waals surface area contributed by atoms with Crippen molar-refractivity contribution in [3.63, 3.8) is 0 Å². The Morgan fingerprint density at radius 3 is 2.79 bits per heavy atom. The fraction of sp³-hybridized carbons (Fsp3) is 0.318. The first kappa shape index (κ1) is 18.2. The van der Waals surface area contributed by atoms with E-state index in [4.69, 9.17) is 9.26 Å². The van der Waals surface area contributed by atoms with E-state index in [1.54, 1.807) is 0 Å². The van der Waals surface area contributed by atoms with Gasteiger partial charge in [-0.1, -0.05) is 23.4 Å². The maximum Gasteiger partial charge on any atom is 0.227 e. The predicted molar refractivity (Wildman–Crippen MR) is 106 cm³/mol. The zero-order valence-electron chi connectivity index (χ0n) is 16.1. The fourth-order valence-corrected chi connectivity index (χ4v) is 3.62. The number of carbonyl (C=O) groups is 1. The van der Waals surface area contributed by atoms with E-state index in [1.165, 1.54) is 5.56 Å². The molecule has 0 saturated carbocycles. The van der Waals surface area contributed by atoms with Gasteiger partial charge in [-0.2, -0.15) is 4.98 Å². The zero-order chi connectivity index (χ0) is 19.5. The highest BCUT2D eigenvalue weighted by Crippen LogP contribution is 2.32. The van der Waals surface area contributed by atoms with Gasteiger partial charge in [-0.3, -0.25) is 4.79 Å². The Balaban J connectivity index is 1.40. The highest BCUT2D eigenvalue weighted by Gasteiger charge is 2.30. The number of benzene rings is 2. The number of aromatic nitrogens is 2. The second-order valence-electron chi connectivity index (χ2n) is 6.91. The molecule has 0 spiro atoms. The van der Waals surface area contributed by atoms with Gasteiger partial charge >= 0.3 is 0 Å².